The lowest BCUT2D eigenvalue weighted by atomic mass is 10.4. The number of nitrogens with zero attached hydrogens (tertiary/aromatic N) is 2. The number of hydrogen-bond donors (Lipinski definition) is 2. The second-order valence-corrected chi connectivity index (χ2v) is 5.54. The molecule has 0 saturated carbocycles. The molecule has 0 aliphatic carbocycles. The fourth-order valence-corrected chi connectivity index (χ4v) is 2.99. The maximum absolute atomic E-state index is 5.48. The Labute approximate surface area is 113 Å². The summed E-state index contributed by atoms with van der Waals surface area (Å²) in [5, 5.41) is 5.45. The van der Waals surface area contributed by atoms with E-state index in [9.17, 15) is 0 Å². The third-order valence-electron chi connectivity index (χ3n) is 2.36. The zero-order valence-corrected chi connectivity index (χ0v) is 11.8. The van der Waals surface area contributed by atoms with E-state index in [2.05, 4.69) is 37.7 Å². The summed E-state index contributed by atoms with van der Waals surface area (Å²) >= 11 is 5.26. The summed E-state index contributed by atoms with van der Waals surface area (Å²) < 4.78 is 3.18. The summed E-state index contributed by atoms with van der Waals surface area (Å²) in [6.07, 6.45) is 3.86. The van der Waals surface area contributed by atoms with Crippen LogP contribution in [0.25, 0.3) is 0 Å². The van der Waals surface area contributed by atoms with Gasteiger partial charge in [0.15, 0.2) is 0 Å². The van der Waals surface area contributed by atoms with Crippen molar-refractivity contribution < 1.29 is 0 Å². The lowest BCUT2D eigenvalue weighted by Gasteiger charge is -2.01. The normalized spacial score (nSPS) is 10.9. The number of halogens is 1. The minimum atomic E-state index is 0.644. The Hall–Kier alpha value is -0.690. The molecule has 0 bridgehead atoms. The maximum atomic E-state index is 5.48. The van der Waals surface area contributed by atoms with Gasteiger partial charge in [0, 0.05) is 41.7 Å². The fourth-order valence-electron chi connectivity index (χ4n) is 1.52. The topological polar surface area (TPSA) is 55.9 Å². The summed E-state index contributed by atoms with van der Waals surface area (Å²) in [6, 6.07) is 2.07. The summed E-state index contributed by atoms with van der Waals surface area (Å²) in [4.78, 5) is 5.62. The van der Waals surface area contributed by atoms with Gasteiger partial charge in [-0.15, -0.1) is 11.3 Å². The highest BCUT2D eigenvalue weighted by atomic mass is 79.9. The smallest absolute Gasteiger partial charge is 0.0950 e. The summed E-state index contributed by atoms with van der Waals surface area (Å²) in [7, 11) is 0. The molecule has 3 N–H and O–H groups in total. The standard InChI is InChI=1S/C11H15BrN4S/c12-10-1-4-17-11(10)6-14-5-9-7-16(3-2-13)8-15-9/h1,4,7-8,14H,2-3,5-6,13H2. The van der Waals surface area contributed by atoms with Gasteiger partial charge in [-0.1, -0.05) is 0 Å². The average molecular weight is 315 g/mol. The highest BCUT2D eigenvalue weighted by Gasteiger charge is 2.02. The van der Waals surface area contributed by atoms with Crippen LogP contribution in [0.4, 0.5) is 0 Å². The Kier molecular flexibility index (Phi) is 4.73. The van der Waals surface area contributed by atoms with E-state index < -0.39 is 0 Å². The van der Waals surface area contributed by atoms with Crippen LogP contribution in [0.5, 0.6) is 0 Å². The third-order valence-corrected chi connectivity index (χ3v) is 4.28. The largest absolute Gasteiger partial charge is 0.336 e. The first-order chi connectivity index (χ1) is 8.29. The minimum absolute atomic E-state index is 0.644. The highest BCUT2D eigenvalue weighted by molar-refractivity contribution is 9.10. The average Bonchev–Trinajstić information content (AvgIpc) is 2.90. The highest BCUT2D eigenvalue weighted by Crippen LogP contribution is 2.22. The lowest BCUT2D eigenvalue weighted by Crippen LogP contribution is -2.12. The molecular weight excluding hydrogens is 300 g/mol. The van der Waals surface area contributed by atoms with Crippen molar-refractivity contribution in [3.8, 4) is 0 Å². The molecule has 6 heteroatoms. The fraction of sp³-hybridized carbons (Fsp3) is 0.364. The Balaban J connectivity index is 1.80. The number of imidazole rings is 1. The first-order valence-corrected chi connectivity index (χ1v) is 7.10. The van der Waals surface area contributed by atoms with Crippen LogP contribution >= 0.6 is 27.3 Å². The molecule has 92 valence electrons. The number of thiophene rings is 1. The van der Waals surface area contributed by atoms with Crippen LogP contribution in [0.3, 0.4) is 0 Å². The van der Waals surface area contributed by atoms with Gasteiger partial charge >= 0.3 is 0 Å². The van der Waals surface area contributed by atoms with Crippen molar-refractivity contribution in [1.29, 1.82) is 0 Å². The van der Waals surface area contributed by atoms with Crippen molar-refractivity contribution in [2.24, 2.45) is 5.73 Å². The second kappa shape index (κ2) is 6.30. The van der Waals surface area contributed by atoms with E-state index in [1.807, 2.05) is 17.1 Å². The van der Waals surface area contributed by atoms with Crippen LogP contribution in [0.1, 0.15) is 10.6 Å². The molecule has 0 spiro atoms. The molecule has 4 nitrogen and oxygen atoms in total. The van der Waals surface area contributed by atoms with Crippen molar-refractivity contribution in [3.05, 3.63) is 39.0 Å². The van der Waals surface area contributed by atoms with Crippen molar-refractivity contribution in [1.82, 2.24) is 14.9 Å². The number of rotatable bonds is 6. The number of aromatic nitrogens is 2. The first kappa shape index (κ1) is 12.8. The minimum Gasteiger partial charge on any atom is -0.336 e. The molecule has 0 amide bonds. The van der Waals surface area contributed by atoms with E-state index >= 15 is 0 Å². The van der Waals surface area contributed by atoms with Crippen LogP contribution in [0.15, 0.2) is 28.4 Å². The predicted molar refractivity (Wildman–Crippen MR) is 73.8 cm³/mol. The van der Waals surface area contributed by atoms with E-state index in [0.29, 0.717) is 6.54 Å². The van der Waals surface area contributed by atoms with Gasteiger partial charge < -0.3 is 15.6 Å². The molecule has 0 radical (unpaired) electrons. The molecular formula is C11H15BrN4S. The number of hydrogen-bond acceptors (Lipinski definition) is 4. The summed E-state index contributed by atoms with van der Waals surface area (Å²) in [5.74, 6) is 0. The van der Waals surface area contributed by atoms with Gasteiger partial charge in [0.1, 0.15) is 0 Å². The molecule has 17 heavy (non-hydrogen) atoms. The third kappa shape index (κ3) is 3.64. The van der Waals surface area contributed by atoms with Crippen LogP contribution < -0.4 is 11.1 Å². The Bertz CT molecular complexity index is 465. The van der Waals surface area contributed by atoms with Crippen LogP contribution in [0, 0.1) is 0 Å². The molecule has 0 saturated heterocycles. The van der Waals surface area contributed by atoms with Crippen molar-refractivity contribution >= 4 is 27.3 Å². The molecule has 0 fully saturated rings. The van der Waals surface area contributed by atoms with Gasteiger partial charge in [-0.2, -0.15) is 0 Å². The molecule has 0 aliphatic rings. The molecule has 2 aromatic rings. The molecule has 0 aliphatic heterocycles. The van der Waals surface area contributed by atoms with E-state index in [0.717, 1.165) is 25.3 Å². The molecule has 2 rings (SSSR count). The van der Waals surface area contributed by atoms with Gasteiger partial charge in [-0.3, -0.25) is 0 Å². The number of nitrogens with two attached hydrogens (primary N) is 1. The van der Waals surface area contributed by atoms with Crippen molar-refractivity contribution in [3.63, 3.8) is 0 Å². The van der Waals surface area contributed by atoms with Crippen LogP contribution in [0.2, 0.25) is 0 Å². The first-order valence-electron chi connectivity index (χ1n) is 5.43. The van der Waals surface area contributed by atoms with E-state index in [1.165, 1.54) is 9.35 Å². The van der Waals surface area contributed by atoms with E-state index in [1.54, 1.807) is 11.3 Å². The van der Waals surface area contributed by atoms with Crippen LogP contribution in [-0.4, -0.2) is 16.1 Å². The molecule has 0 atom stereocenters. The van der Waals surface area contributed by atoms with Gasteiger partial charge in [-0.25, -0.2) is 4.98 Å². The summed E-state index contributed by atoms with van der Waals surface area (Å²) in [6.45, 7) is 3.11. The van der Waals surface area contributed by atoms with Gasteiger partial charge in [-0.05, 0) is 27.4 Å². The second-order valence-electron chi connectivity index (χ2n) is 3.69. The zero-order valence-electron chi connectivity index (χ0n) is 9.40. The zero-order chi connectivity index (χ0) is 12.1. The Morgan fingerprint density at radius 2 is 2.35 bits per heavy atom. The number of nitrogens with one attached hydrogen (secondary N) is 1. The molecule has 2 aromatic heterocycles. The quantitative estimate of drug-likeness (QED) is 0.857. The van der Waals surface area contributed by atoms with Crippen molar-refractivity contribution in [2.75, 3.05) is 6.54 Å². The van der Waals surface area contributed by atoms with Gasteiger partial charge in [0.25, 0.3) is 0 Å². The molecule has 2 heterocycles. The molecule has 0 aromatic carbocycles. The Morgan fingerprint density at radius 1 is 1.47 bits per heavy atom. The van der Waals surface area contributed by atoms with Crippen LogP contribution in [-0.2, 0) is 19.6 Å². The Morgan fingerprint density at radius 3 is 3.06 bits per heavy atom. The van der Waals surface area contributed by atoms with Crippen molar-refractivity contribution in [2.45, 2.75) is 19.6 Å². The van der Waals surface area contributed by atoms with E-state index in [-0.39, 0.29) is 0 Å². The van der Waals surface area contributed by atoms with Gasteiger partial charge in [0.2, 0.25) is 0 Å². The lowest BCUT2D eigenvalue weighted by molar-refractivity contribution is 0.682. The van der Waals surface area contributed by atoms with Gasteiger partial charge in [0.05, 0.1) is 12.0 Å². The molecule has 0 unspecified atom stereocenters. The van der Waals surface area contributed by atoms with E-state index in [4.69, 9.17) is 5.73 Å². The SMILES string of the molecule is NCCn1cnc(CNCc2sccc2Br)c1. The maximum Gasteiger partial charge on any atom is 0.0950 e. The predicted octanol–water partition coefficient (Wildman–Crippen LogP) is 1.96. The monoisotopic (exact) mass is 314 g/mol. The summed E-state index contributed by atoms with van der Waals surface area (Å²) in [5.41, 5.74) is 6.53.